The molecule has 0 radical (unpaired) electrons. The first-order chi connectivity index (χ1) is 12.9. The molecule has 1 aromatic carbocycles. The third-order valence-electron chi connectivity index (χ3n) is 4.97. The van der Waals surface area contributed by atoms with Crippen molar-refractivity contribution in [2.24, 2.45) is 4.99 Å². The molecule has 0 saturated carbocycles. The quantitative estimate of drug-likeness (QED) is 0.521. The van der Waals surface area contributed by atoms with Crippen LogP contribution in [0.15, 0.2) is 80.5 Å². The van der Waals surface area contributed by atoms with Gasteiger partial charge in [-0.1, -0.05) is 24.3 Å². The second kappa shape index (κ2) is 6.09. The summed E-state index contributed by atoms with van der Waals surface area (Å²) in [6, 6.07) is 9.84. The van der Waals surface area contributed by atoms with Gasteiger partial charge in [0, 0.05) is 28.6 Å². The summed E-state index contributed by atoms with van der Waals surface area (Å²) in [6.07, 6.45) is 8.09. The molecule has 0 fully saturated rings. The van der Waals surface area contributed by atoms with Crippen LogP contribution in [0.25, 0.3) is 27.9 Å². The number of fused-ring (bicyclic) bond motifs is 2. The predicted octanol–water partition coefficient (Wildman–Crippen LogP) is 4.96. The lowest BCUT2D eigenvalue weighted by Crippen LogP contribution is -2.13. The van der Waals surface area contributed by atoms with E-state index in [2.05, 4.69) is 11.7 Å². The number of aromatic hydroxyl groups is 1. The maximum atomic E-state index is 11.9. The first-order valence-electron chi connectivity index (χ1n) is 8.67. The van der Waals surface area contributed by atoms with E-state index in [1.807, 2.05) is 44.2 Å². The van der Waals surface area contributed by atoms with Gasteiger partial charge >= 0.3 is 0 Å². The molecule has 134 valence electrons. The van der Waals surface area contributed by atoms with Crippen LogP contribution in [0.4, 0.5) is 0 Å². The van der Waals surface area contributed by atoms with Gasteiger partial charge in [-0.3, -0.25) is 9.79 Å². The molecule has 0 spiro atoms. The summed E-state index contributed by atoms with van der Waals surface area (Å²) >= 11 is 0. The summed E-state index contributed by atoms with van der Waals surface area (Å²) in [6.45, 7) is 7.72. The van der Waals surface area contributed by atoms with Gasteiger partial charge in [0.05, 0.1) is 5.54 Å². The van der Waals surface area contributed by atoms with Crippen LogP contribution in [0.5, 0.6) is 5.75 Å². The number of hydrogen-bond acceptors (Lipinski definition) is 4. The highest BCUT2D eigenvalue weighted by Crippen LogP contribution is 2.40. The number of benzene rings is 2. The number of aliphatic imine (C=N–C) groups is 1. The topological polar surface area (TPSA) is 62.8 Å². The molecule has 0 aromatic heterocycles. The van der Waals surface area contributed by atoms with Gasteiger partial charge in [-0.05, 0) is 56.0 Å². The number of rotatable bonds is 2. The number of nitrogens with zero attached hydrogens (tertiary/aromatic N) is 1. The molecule has 1 heterocycles. The highest BCUT2D eigenvalue weighted by atomic mass is 16.3. The molecule has 0 amide bonds. The van der Waals surface area contributed by atoms with Crippen LogP contribution in [0.2, 0.25) is 0 Å². The molecular weight excluding hydrogens is 338 g/mol. The van der Waals surface area contributed by atoms with Gasteiger partial charge in [0.25, 0.3) is 0 Å². The van der Waals surface area contributed by atoms with Crippen LogP contribution in [0.3, 0.4) is 0 Å². The molecular formula is C23H19NO3. The second-order valence-corrected chi connectivity index (χ2v) is 6.96. The molecule has 27 heavy (non-hydrogen) atoms. The molecule has 1 unspecified atom stereocenters. The Labute approximate surface area is 156 Å². The maximum Gasteiger partial charge on any atom is 0.182 e. The van der Waals surface area contributed by atoms with Gasteiger partial charge in [-0.25, -0.2) is 0 Å². The minimum Gasteiger partial charge on any atom is -0.508 e. The van der Waals surface area contributed by atoms with Crippen LogP contribution in [0, 0.1) is 0 Å². The Morgan fingerprint density at radius 1 is 1.11 bits per heavy atom. The molecule has 1 aliphatic heterocycles. The highest BCUT2D eigenvalue weighted by Gasteiger charge is 2.22. The molecule has 0 bridgehead atoms. The zero-order chi connectivity index (χ0) is 19.2. The van der Waals surface area contributed by atoms with Gasteiger partial charge in [0.15, 0.2) is 5.43 Å². The minimum absolute atomic E-state index is 0.111. The SMILES string of the molecule is C=NC1(C)C=CC(C)=C(c2c3ccc(=O)cc-3oc3cc(O)ccc23)C=C1. The van der Waals surface area contributed by atoms with E-state index < -0.39 is 5.54 Å². The number of hydrogen-bond donors (Lipinski definition) is 1. The van der Waals surface area contributed by atoms with Crippen molar-refractivity contribution < 1.29 is 9.52 Å². The molecule has 0 saturated heterocycles. The van der Waals surface area contributed by atoms with E-state index in [-0.39, 0.29) is 11.2 Å². The largest absolute Gasteiger partial charge is 0.508 e. The lowest BCUT2D eigenvalue weighted by atomic mass is 9.90. The second-order valence-electron chi connectivity index (χ2n) is 6.96. The lowest BCUT2D eigenvalue weighted by molar-refractivity contribution is 0.474. The molecule has 4 rings (SSSR count). The van der Waals surface area contributed by atoms with Crippen molar-refractivity contribution in [2.45, 2.75) is 19.4 Å². The van der Waals surface area contributed by atoms with Crippen molar-refractivity contribution in [2.75, 3.05) is 0 Å². The Morgan fingerprint density at radius 3 is 2.67 bits per heavy atom. The van der Waals surface area contributed by atoms with Gasteiger partial charge < -0.3 is 9.52 Å². The van der Waals surface area contributed by atoms with Gasteiger partial charge in [0.2, 0.25) is 0 Å². The van der Waals surface area contributed by atoms with Crippen molar-refractivity contribution >= 4 is 23.3 Å². The molecule has 2 aliphatic carbocycles. The summed E-state index contributed by atoms with van der Waals surface area (Å²) in [7, 11) is 0. The van der Waals surface area contributed by atoms with Crippen molar-refractivity contribution in [3.8, 4) is 17.1 Å². The summed E-state index contributed by atoms with van der Waals surface area (Å²) in [4.78, 5) is 16.1. The fourth-order valence-corrected chi connectivity index (χ4v) is 3.36. The molecule has 1 aromatic rings. The van der Waals surface area contributed by atoms with E-state index >= 15 is 0 Å². The van der Waals surface area contributed by atoms with Crippen LogP contribution < -0.4 is 5.43 Å². The van der Waals surface area contributed by atoms with E-state index in [4.69, 9.17) is 4.42 Å². The Balaban J connectivity index is 2.11. The van der Waals surface area contributed by atoms with Crippen LogP contribution in [0.1, 0.15) is 19.4 Å². The molecule has 1 atom stereocenters. The maximum absolute atomic E-state index is 11.9. The third kappa shape index (κ3) is 2.89. The highest BCUT2D eigenvalue weighted by molar-refractivity contribution is 6.01. The van der Waals surface area contributed by atoms with E-state index in [0.29, 0.717) is 11.3 Å². The summed E-state index contributed by atoms with van der Waals surface area (Å²) in [5.41, 5.74) is 3.79. The zero-order valence-corrected chi connectivity index (χ0v) is 15.2. The lowest BCUT2D eigenvalue weighted by Gasteiger charge is -2.17. The first kappa shape index (κ1) is 17.0. The third-order valence-corrected chi connectivity index (χ3v) is 4.97. The number of allylic oxidation sites excluding steroid dienone is 4. The average Bonchev–Trinajstić information content (AvgIpc) is 2.79. The minimum atomic E-state index is -0.478. The molecule has 4 nitrogen and oxygen atoms in total. The van der Waals surface area contributed by atoms with Crippen molar-refractivity contribution in [1.29, 1.82) is 0 Å². The van der Waals surface area contributed by atoms with E-state index in [0.717, 1.165) is 27.7 Å². The predicted molar refractivity (Wildman–Crippen MR) is 110 cm³/mol. The van der Waals surface area contributed by atoms with E-state index in [1.165, 1.54) is 12.1 Å². The van der Waals surface area contributed by atoms with Crippen LogP contribution >= 0.6 is 0 Å². The Kier molecular flexibility index (Phi) is 3.84. The molecule has 1 N–H and O–H groups in total. The van der Waals surface area contributed by atoms with Crippen molar-refractivity contribution in [3.63, 3.8) is 0 Å². The fraction of sp³-hybridized carbons (Fsp3) is 0.130. The van der Waals surface area contributed by atoms with Gasteiger partial charge in [-0.2, -0.15) is 0 Å². The summed E-state index contributed by atoms with van der Waals surface area (Å²) in [5.74, 6) is 0.599. The van der Waals surface area contributed by atoms with Crippen molar-refractivity contribution in [3.05, 3.63) is 82.1 Å². The smallest absolute Gasteiger partial charge is 0.182 e. The fourth-order valence-electron chi connectivity index (χ4n) is 3.36. The van der Waals surface area contributed by atoms with Crippen LogP contribution in [-0.2, 0) is 0 Å². The summed E-state index contributed by atoms with van der Waals surface area (Å²) < 4.78 is 5.91. The van der Waals surface area contributed by atoms with Gasteiger partial charge in [-0.15, -0.1) is 0 Å². The summed E-state index contributed by atoms with van der Waals surface area (Å²) in [5, 5.41) is 10.7. The molecule has 4 heteroatoms. The first-order valence-corrected chi connectivity index (χ1v) is 8.67. The molecule has 3 aliphatic rings. The normalized spacial score (nSPS) is 19.6. The Bertz CT molecular complexity index is 1200. The van der Waals surface area contributed by atoms with E-state index in [9.17, 15) is 9.90 Å². The number of phenolic OH excluding ortho intramolecular Hbond substituents is 1. The zero-order valence-electron chi connectivity index (χ0n) is 15.2. The average molecular weight is 357 g/mol. The monoisotopic (exact) mass is 357 g/mol. The number of phenols is 1. The Hall–Kier alpha value is -3.40. The van der Waals surface area contributed by atoms with Crippen molar-refractivity contribution in [1.82, 2.24) is 0 Å². The standard InChI is InChI=1S/C23H19NO3/c1-14-8-10-23(2,24-3)11-9-17(14)22-18-6-4-15(25)12-20(18)27-21-13-16(26)5-7-19(21)22/h4-13,25H,3H2,1-2H3. The van der Waals surface area contributed by atoms with Crippen LogP contribution in [-0.4, -0.2) is 17.4 Å². The van der Waals surface area contributed by atoms with E-state index in [1.54, 1.807) is 18.2 Å². The van der Waals surface area contributed by atoms with Gasteiger partial charge in [0.1, 0.15) is 17.1 Å². The Morgan fingerprint density at radius 2 is 1.89 bits per heavy atom.